The van der Waals surface area contributed by atoms with E-state index in [0.29, 0.717) is 6.42 Å². The molecular weight excluding hydrogens is 160 g/mol. The lowest BCUT2D eigenvalue weighted by Gasteiger charge is -1.90. The highest BCUT2D eigenvalue weighted by atomic mass is 32.1. The van der Waals surface area contributed by atoms with E-state index < -0.39 is 0 Å². The van der Waals surface area contributed by atoms with Gasteiger partial charge in [-0.05, 0) is 13.8 Å². The SMILES string of the molecule is Cc1nc(C)c(CC(N)=O)s1. The molecule has 0 spiro atoms. The lowest BCUT2D eigenvalue weighted by molar-refractivity contribution is -0.117. The Balaban J connectivity index is 2.85. The van der Waals surface area contributed by atoms with Crippen LogP contribution in [0.2, 0.25) is 0 Å². The van der Waals surface area contributed by atoms with Crippen molar-refractivity contribution in [2.45, 2.75) is 20.3 Å². The lowest BCUT2D eigenvalue weighted by Crippen LogP contribution is -2.13. The summed E-state index contributed by atoms with van der Waals surface area (Å²) < 4.78 is 0. The van der Waals surface area contributed by atoms with Gasteiger partial charge in [0.15, 0.2) is 0 Å². The van der Waals surface area contributed by atoms with Gasteiger partial charge in [0.2, 0.25) is 5.91 Å². The number of rotatable bonds is 2. The van der Waals surface area contributed by atoms with Crippen molar-refractivity contribution in [1.82, 2.24) is 4.98 Å². The van der Waals surface area contributed by atoms with E-state index in [1.54, 1.807) is 0 Å². The van der Waals surface area contributed by atoms with E-state index >= 15 is 0 Å². The maximum atomic E-state index is 10.5. The van der Waals surface area contributed by atoms with Gasteiger partial charge in [0, 0.05) is 4.88 Å². The predicted octanol–water partition coefficient (Wildman–Crippen LogP) is 0.788. The molecule has 4 heteroatoms. The molecule has 0 aromatic carbocycles. The number of primary amides is 1. The number of aryl methyl sites for hydroxylation is 2. The number of aromatic nitrogens is 1. The fourth-order valence-electron chi connectivity index (χ4n) is 0.896. The van der Waals surface area contributed by atoms with Crippen LogP contribution in [0.4, 0.5) is 0 Å². The molecule has 11 heavy (non-hydrogen) atoms. The third-order valence-corrected chi connectivity index (χ3v) is 2.41. The number of nitrogens with zero attached hydrogens (tertiary/aromatic N) is 1. The van der Waals surface area contributed by atoms with E-state index in [9.17, 15) is 4.79 Å². The molecule has 1 amide bonds. The Morgan fingerprint density at radius 3 is 2.64 bits per heavy atom. The fraction of sp³-hybridized carbons (Fsp3) is 0.429. The zero-order chi connectivity index (χ0) is 8.43. The average Bonchev–Trinajstić information content (AvgIpc) is 2.09. The smallest absolute Gasteiger partial charge is 0.222 e. The minimum Gasteiger partial charge on any atom is -0.369 e. The number of carbonyl (C=O) groups excluding carboxylic acids is 1. The normalized spacial score (nSPS) is 10.0. The molecule has 0 aliphatic carbocycles. The molecule has 0 bridgehead atoms. The maximum Gasteiger partial charge on any atom is 0.222 e. The van der Waals surface area contributed by atoms with Crippen molar-refractivity contribution in [3.05, 3.63) is 15.6 Å². The van der Waals surface area contributed by atoms with Crippen LogP contribution in [-0.2, 0) is 11.2 Å². The summed E-state index contributed by atoms with van der Waals surface area (Å²) in [6, 6.07) is 0. The molecule has 2 N–H and O–H groups in total. The molecule has 1 heterocycles. The number of carbonyl (C=O) groups is 1. The first-order chi connectivity index (χ1) is 5.09. The van der Waals surface area contributed by atoms with Crippen molar-refractivity contribution in [2.24, 2.45) is 5.73 Å². The Morgan fingerprint density at radius 1 is 1.64 bits per heavy atom. The Labute approximate surface area is 69.3 Å². The number of hydrogen-bond donors (Lipinski definition) is 1. The van der Waals surface area contributed by atoms with Crippen LogP contribution in [0, 0.1) is 13.8 Å². The molecule has 0 saturated carbocycles. The summed E-state index contributed by atoms with van der Waals surface area (Å²) >= 11 is 1.53. The summed E-state index contributed by atoms with van der Waals surface area (Å²) in [6.07, 6.45) is 0.317. The van der Waals surface area contributed by atoms with Crippen molar-refractivity contribution in [3.8, 4) is 0 Å². The van der Waals surface area contributed by atoms with Gasteiger partial charge in [-0.25, -0.2) is 4.98 Å². The molecule has 0 fully saturated rings. The number of hydrogen-bond acceptors (Lipinski definition) is 3. The molecule has 0 saturated heterocycles. The van der Waals surface area contributed by atoms with Gasteiger partial charge >= 0.3 is 0 Å². The average molecular weight is 170 g/mol. The van der Waals surface area contributed by atoms with Crippen molar-refractivity contribution in [3.63, 3.8) is 0 Å². The standard InChI is InChI=1S/C7H10N2OS/c1-4-6(3-7(8)10)11-5(2)9-4/h3H2,1-2H3,(H2,8,10). The summed E-state index contributed by atoms with van der Waals surface area (Å²) in [6.45, 7) is 3.81. The van der Waals surface area contributed by atoms with Crippen molar-refractivity contribution in [1.29, 1.82) is 0 Å². The van der Waals surface area contributed by atoms with Gasteiger partial charge < -0.3 is 5.73 Å². The van der Waals surface area contributed by atoms with E-state index in [1.807, 2.05) is 13.8 Å². The van der Waals surface area contributed by atoms with Crippen LogP contribution >= 0.6 is 11.3 Å². The second-order valence-corrected chi connectivity index (χ2v) is 3.67. The largest absolute Gasteiger partial charge is 0.369 e. The van der Waals surface area contributed by atoms with Crippen LogP contribution in [0.1, 0.15) is 15.6 Å². The van der Waals surface area contributed by atoms with Crippen molar-refractivity contribution >= 4 is 17.2 Å². The van der Waals surface area contributed by atoms with Gasteiger partial charge in [0.1, 0.15) is 0 Å². The molecular formula is C7H10N2OS. The summed E-state index contributed by atoms with van der Waals surface area (Å²) in [7, 11) is 0. The Bertz CT molecular complexity index is 280. The third kappa shape index (κ3) is 2.01. The second kappa shape index (κ2) is 3.00. The minimum absolute atomic E-state index is 0.295. The molecule has 0 radical (unpaired) electrons. The van der Waals surface area contributed by atoms with Crippen LogP contribution < -0.4 is 5.73 Å². The molecule has 1 aromatic heterocycles. The topological polar surface area (TPSA) is 56.0 Å². The Hall–Kier alpha value is -0.900. The second-order valence-electron chi connectivity index (χ2n) is 2.38. The first-order valence-electron chi connectivity index (χ1n) is 3.31. The molecule has 0 unspecified atom stereocenters. The van der Waals surface area contributed by atoms with Crippen LogP contribution in [0.25, 0.3) is 0 Å². The van der Waals surface area contributed by atoms with Crippen LogP contribution in [-0.4, -0.2) is 10.9 Å². The van der Waals surface area contributed by atoms with Crippen molar-refractivity contribution in [2.75, 3.05) is 0 Å². The van der Waals surface area contributed by atoms with Gasteiger partial charge in [0.05, 0.1) is 17.1 Å². The monoisotopic (exact) mass is 170 g/mol. The quantitative estimate of drug-likeness (QED) is 0.713. The van der Waals surface area contributed by atoms with Crippen molar-refractivity contribution < 1.29 is 4.79 Å². The van der Waals surface area contributed by atoms with Gasteiger partial charge in [-0.3, -0.25) is 4.79 Å². The van der Waals surface area contributed by atoms with Gasteiger partial charge in [-0.15, -0.1) is 11.3 Å². The Morgan fingerprint density at radius 2 is 2.27 bits per heavy atom. The molecule has 0 aliphatic rings. The molecule has 3 nitrogen and oxygen atoms in total. The van der Waals surface area contributed by atoms with Crippen LogP contribution in [0.5, 0.6) is 0 Å². The van der Waals surface area contributed by atoms with Crippen LogP contribution in [0.15, 0.2) is 0 Å². The zero-order valence-corrected chi connectivity index (χ0v) is 7.36. The summed E-state index contributed by atoms with van der Waals surface area (Å²) in [5.41, 5.74) is 5.97. The van der Waals surface area contributed by atoms with Crippen LogP contribution in [0.3, 0.4) is 0 Å². The highest BCUT2D eigenvalue weighted by molar-refractivity contribution is 7.11. The third-order valence-electron chi connectivity index (χ3n) is 1.33. The first-order valence-corrected chi connectivity index (χ1v) is 4.12. The Kier molecular flexibility index (Phi) is 2.24. The van der Waals surface area contributed by atoms with E-state index in [-0.39, 0.29) is 5.91 Å². The molecule has 0 atom stereocenters. The molecule has 1 aromatic rings. The molecule has 0 aliphatic heterocycles. The van der Waals surface area contributed by atoms with Gasteiger partial charge in [0.25, 0.3) is 0 Å². The predicted molar refractivity (Wildman–Crippen MR) is 44.5 cm³/mol. The van der Waals surface area contributed by atoms with E-state index in [1.165, 1.54) is 11.3 Å². The first kappa shape index (κ1) is 8.20. The lowest BCUT2D eigenvalue weighted by atomic mass is 10.3. The zero-order valence-electron chi connectivity index (χ0n) is 6.55. The summed E-state index contributed by atoms with van der Waals surface area (Å²) in [5, 5.41) is 0.985. The van der Waals surface area contributed by atoms with Gasteiger partial charge in [-0.2, -0.15) is 0 Å². The number of nitrogens with two attached hydrogens (primary N) is 1. The number of thiazole rings is 1. The fourth-order valence-corrected chi connectivity index (χ4v) is 1.84. The highest BCUT2D eigenvalue weighted by Crippen LogP contribution is 2.16. The summed E-state index contributed by atoms with van der Waals surface area (Å²) in [4.78, 5) is 15.7. The van der Waals surface area contributed by atoms with E-state index in [2.05, 4.69) is 4.98 Å². The summed E-state index contributed by atoms with van der Waals surface area (Å²) in [5.74, 6) is -0.295. The maximum absolute atomic E-state index is 10.5. The minimum atomic E-state index is -0.295. The highest BCUT2D eigenvalue weighted by Gasteiger charge is 2.06. The molecule has 1 rings (SSSR count). The van der Waals surface area contributed by atoms with Gasteiger partial charge in [-0.1, -0.05) is 0 Å². The molecule has 60 valence electrons. The van der Waals surface area contributed by atoms with E-state index in [4.69, 9.17) is 5.73 Å². The van der Waals surface area contributed by atoms with E-state index in [0.717, 1.165) is 15.6 Å². The number of amides is 1.